The average molecular weight is 317 g/mol. The average Bonchev–Trinajstić information content (AvgIpc) is 2.46. The first-order valence-electron chi connectivity index (χ1n) is 7.16. The van der Waals surface area contributed by atoms with Crippen LogP contribution in [0.2, 0.25) is 5.02 Å². The lowest BCUT2D eigenvalue weighted by Crippen LogP contribution is -2.37. The van der Waals surface area contributed by atoms with Gasteiger partial charge in [-0.2, -0.15) is 0 Å². The Bertz CT molecular complexity index is 442. The van der Waals surface area contributed by atoms with Gasteiger partial charge in [0.15, 0.2) is 0 Å². The lowest BCUT2D eigenvalue weighted by molar-refractivity contribution is 0.211. The Hall–Kier alpha value is -0.640. The van der Waals surface area contributed by atoms with E-state index in [4.69, 9.17) is 23.2 Å². The Morgan fingerprint density at radius 3 is 2.90 bits per heavy atom. The zero-order valence-electron chi connectivity index (χ0n) is 11.8. The molecule has 0 radical (unpaired) electrons. The number of benzene rings is 1. The van der Waals surface area contributed by atoms with Crippen LogP contribution in [-0.4, -0.2) is 36.2 Å². The van der Waals surface area contributed by atoms with Gasteiger partial charge in [-0.15, -0.1) is 11.6 Å². The van der Waals surface area contributed by atoms with Crippen LogP contribution >= 0.6 is 23.2 Å². The first kappa shape index (κ1) is 15.7. The number of rotatable bonds is 5. The van der Waals surface area contributed by atoms with E-state index in [0.717, 1.165) is 22.9 Å². The summed E-state index contributed by atoms with van der Waals surface area (Å²) in [4.78, 5) is 2.38. The molecule has 2 unspecified atom stereocenters. The molecule has 1 saturated heterocycles. The van der Waals surface area contributed by atoms with Crippen LogP contribution in [0.4, 0.5) is 11.4 Å². The van der Waals surface area contributed by atoms with Gasteiger partial charge >= 0.3 is 0 Å². The normalized spacial score (nSPS) is 20.8. The molecule has 1 heterocycles. The topological polar surface area (TPSA) is 35.5 Å². The number of halogens is 2. The molecule has 2 N–H and O–H groups in total. The highest BCUT2D eigenvalue weighted by Crippen LogP contribution is 2.33. The van der Waals surface area contributed by atoms with Crippen LogP contribution in [0.5, 0.6) is 0 Å². The summed E-state index contributed by atoms with van der Waals surface area (Å²) >= 11 is 12.0. The molecule has 2 rings (SSSR count). The van der Waals surface area contributed by atoms with Gasteiger partial charge in [-0.05, 0) is 44.4 Å². The Morgan fingerprint density at radius 1 is 1.45 bits per heavy atom. The number of hydrogen-bond donors (Lipinski definition) is 2. The number of aliphatic hydroxyl groups excluding tert-OH is 1. The molecule has 2 atom stereocenters. The van der Waals surface area contributed by atoms with E-state index in [-0.39, 0.29) is 5.88 Å². The van der Waals surface area contributed by atoms with Crippen molar-refractivity contribution in [3.8, 4) is 0 Å². The summed E-state index contributed by atoms with van der Waals surface area (Å²) in [7, 11) is 0. The number of alkyl halides is 1. The van der Waals surface area contributed by atoms with Crippen LogP contribution in [0, 0.1) is 0 Å². The van der Waals surface area contributed by atoms with Gasteiger partial charge in [0.25, 0.3) is 0 Å². The first-order chi connectivity index (χ1) is 9.61. The minimum Gasteiger partial charge on any atom is -0.390 e. The molecule has 0 saturated carbocycles. The van der Waals surface area contributed by atoms with Crippen LogP contribution in [0.1, 0.15) is 26.2 Å². The quantitative estimate of drug-likeness (QED) is 0.812. The minimum absolute atomic E-state index is 0.226. The second-order valence-corrected chi connectivity index (χ2v) is 6.11. The van der Waals surface area contributed by atoms with Crippen molar-refractivity contribution < 1.29 is 5.11 Å². The maximum Gasteiger partial charge on any atom is 0.0847 e. The van der Waals surface area contributed by atoms with E-state index in [9.17, 15) is 5.11 Å². The van der Waals surface area contributed by atoms with Crippen molar-refractivity contribution >= 4 is 34.6 Å². The fourth-order valence-corrected chi connectivity index (χ4v) is 2.99. The summed E-state index contributed by atoms with van der Waals surface area (Å²) in [6.07, 6.45) is 3.20. The van der Waals surface area contributed by atoms with Crippen molar-refractivity contribution in [2.24, 2.45) is 0 Å². The molecule has 0 bridgehead atoms. The Balaban J connectivity index is 2.05. The van der Waals surface area contributed by atoms with Crippen LogP contribution in [-0.2, 0) is 0 Å². The number of nitrogens with one attached hydrogen (secondary N) is 1. The fourth-order valence-electron chi connectivity index (χ4n) is 2.60. The maximum atomic E-state index is 9.45. The largest absolute Gasteiger partial charge is 0.390 e. The van der Waals surface area contributed by atoms with Crippen molar-refractivity contribution in [1.82, 2.24) is 0 Å². The molecule has 0 aliphatic carbocycles. The summed E-state index contributed by atoms with van der Waals surface area (Å²) < 4.78 is 0. The lowest BCUT2D eigenvalue weighted by atomic mass is 10.0. The highest BCUT2D eigenvalue weighted by molar-refractivity contribution is 6.33. The minimum atomic E-state index is -0.544. The first-order valence-corrected chi connectivity index (χ1v) is 8.07. The number of hydrogen-bond acceptors (Lipinski definition) is 3. The van der Waals surface area contributed by atoms with Gasteiger partial charge in [0.05, 0.1) is 22.7 Å². The summed E-state index contributed by atoms with van der Waals surface area (Å²) in [5, 5.41) is 13.3. The second kappa shape index (κ2) is 7.39. The monoisotopic (exact) mass is 316 g/mol. The number of anilines is 2. The van der Waals surface area contributed by atoms with Crippen molar-refractivity contribution in [3.05, 3.63) is 23.2 Å². The predicted molar refractivity (Wildman–Crippen MR) is 87.3 cm³/mol. The van der Waals surface area contributed by atoms with E-state index in [2.05, 4.69) is 23.2 Å². The molecule has 1 aliphatic heterocycles. The molecule has 1 aliphatic rings. The number of piperidine rings is 1. The zero-order valence-corrected chi connectivity index (χ0v) is 13.3. The predicted octanol–water partition coefficient (Wildman–Crippen LogP) is 3.73. The summed E-state index contributed by atoms with van der Waals surface area (Å²) in [6.45, 7) is 3.75. The van der Waals surface area contributed by atoms with E-state index in [0.29, 0.717) is 12.6 Å². The lowest BCUT2D eigenvalue weighted by Gasteiger charge is -2.36. The van der Waals surface area contributed by atoms with E-state index >= 15 is 0 Å². The highest BCUT2D eigenvalue weighted by atomic mass is 35.5. The molecule has 112 valence electrons. The van der Waals surface area contributed by atoms with Crippen molar-refractivity contribution in [2.75, 3.05) is 29.2 Å². The molecular weight excluding hydrogens is 295 g/mol. The van der Waals surface area contributed by atoms with E-state index in [1.165, 1.54) is 19.3 Å². The Morgan fingerprint density at radius 2 is 2.25 bits per heavy atom. The molecule has 20 heavy (non-hydrogen) atoms. The molecule has 0 aromatic heterocycles. The number of nitrogens with zero attached hydrogens (tertiary/aromatic N) is 1. The Kier molecular flexibility index (Phi) is 5.82. The summed E-state index contributed by atoms with van der Waals surface area (Å²) in [5.41, 5.74) is 2.01. The van der Waals surface area contributed by atoms with Crippen LogP contribution in [0.15, 0.2) is 18.2 Å². The standard InChI is InChI=1S/C15H22Cl2N2O/c1-11-4-2-3-7-19(11)15-6-5-12(8-14(15)17)18-10-13(20)9-16/h5-6,8,11,13,18,20H,2-4,7,9-10H2,1H3. The van der Waals surface area contributed by atoms with E-state index in [1.807, 2.05) is 12.1 Å². The molecule has 1 aromatic rings. The van der Waals surface area contributed by atoms with Gasteiger partial charge in [0.1, 0.15) is 0 Å². The molecule has 0 spiro atoms. The highest BCUT2D eigenvalue weighted by Gasteiger charge is 2.20. The number of aliphatic hydroxyl groups is 1. The van der Waals surface area contributed by atoms with Gasteiger partial charge in [0.2, 0.25) is 0 Å². The Labute approximate surface area is 130 Å². The van der Waals surface area contributed by atoms with Crippen LogP contribution in [0.3, 0.4) is 0 Å². The van der Waals surface area contributed by atoms with Crippen LogP contribution in [0.25, 0.3) is 0 Å². The smallest absolute Gasteiger partial charge is 0.0847 e. The maximum absolute atomic E-state index is 9.45. The SMILES string of the molecule is CC1CCCCN1c1ccc(NCC(O)CCl)cc1Cl. The third-order valence-corrected chi connectivity index (χ3v) is 4.44. The van der Waals surface area contributed by atoms with Gasteiger partial charge in [-0.3, -0.25) is 0 Å². The third-order valence-electron chi connectivity index (χ3n) is 3.78. The van der Waals surface area contributed by atoms with Crippen molar-refractivity contribution in [2.45, 2.75) is 38.3 Å². The van der Waals surface area contributed by atoms with E-state index in [1.54, 1.807) is 0 Å². The van der Waals surface area contributed by atoms with Gasteiger partial charge in [0, 0.05) is 24.8 Å². The second-order valence-electron chi connectivity index (χ2n) is 5.39. The molecule has 1 fully saturated rings. The van der Waals surface area contributed by atoms with Gasteiger partial charge in [-0.25, -0.2) is 0 Å². The molecule has 5 heteroatoms. The van der Waals surface area contributed by atoms with Gasteiger partial charge < -0.3 is 15.3 Å². The summed E-state index contributed by atoms with van der Waals surface area (Å²) in [6, 6.07) is 6.51. The fraction of sp³-hybridized carbons (Fsp3) is 0.600. The molecule has 1 aromatic carbocycles. The van der Waals surface area contributed by atoms with Crippen molar-refractivity contribution in [3.63, 3.8) is 0 Å². The molecule has 0 amide bonds. The molecular formula is C15H22Cl2N2O. The molecule has 3 nitrogen and oxygen atoms in total. The van der Waals surface area contributed by atoms with Gasteiger partial charge in [-0.1, -0.05) is 11.6 Å². The third kappa shape index (κ3) is 3.94. The van der Waals surface area contributed by atoms with Crippen LogP contribution < -0.4 is 10.2 Å². The van der Waals surface area contributed by atoms with Crippen molar-refractivity contribution in [1.29, 1.82) is 0 Å². The zero-order chi connectivity index (χ0) is 14.5. The summed E-state index contributed by atoms with van der Waals surface area (Å²) in [5.74, 6) is 0.226. The van der Waals surface area contributed by atoms with E-state index < -0.39 is 6.10 Å².